The lowest BCUT2D eigenvalue weighted by Gasteiger charge is -2.16. The van der Waals surface area contributed by atoms with Gasteiger partial charge in [-0.2, -0.15) is 0 Å². The van der Waals surface area contributed by atoms with Crippen molar-refractivity contribution in [3.05, 3.63) is 77.9 Å². The number of carbonyl (C=O) groups is 1. The minimum Gasteiger partial charge on any atom is -0.507 e. The maximum atomic E-state index is 11.8. The lowest BCUT2D eigenvalue weighted by molar-refractivity contribution is 0.0985. The van der Waals surface area contributed by atoms with E-state index in [-0.39, 0.29) is 17.5 Å². The monoisotopic (exact) mass is 266 g/mol. The molecule has 0 aliphatic heterocycles. The zero-order valence-corrected chi connectivity index (χ0v) is 11.5. The van der Waals surface area contributed by atoms with Crippen LogP contribution < -0.4 is 0 Å². The Bertz CT molecular complexity index is 615. The maximum Gasteiger partial charge on any atom is 0.166 e. The molecule has 0 spiro atoms. The van der Waals surface area contributed by atoms with Gasteiger partial charge in [0.2, 0.25) is 0 Å². The van der Waals surface area contributed by atoms with Crippen molar-refractivity contribution in [3.8, 4) is 5.75 Å². The van der Waals surface area contributed by atoms with Crippen molar-refractivity contribution >= 4 is 5.78 Å². The van der Waals surface area contributed by atoms with E-state index in [1.165, 1.54) is 0 Å². The summed E-state index contributed by atoms with van der Waals surface area (Å²) < 4.78 is 0. The van der Waals surface area contributed by atoms with Gasteiger partial charge in [0.15, 0.2) is 5.78 Å². The molecule has 0 amide bonds. The first-order valence-electron chi connectivity index (χ1n) is 6.71. The molecule has 0 heterocycles. The van der Waals surface area contributed by atoms with Crippen LogP contribution in [-0.2, 0) is 0 Å². The lowest BCUT2D eigenvalue weighted by Crippen LogP contribution is -2.03. The highest BCUT2D eigenvalue weighted by atomic mass is 16.3. The van der Waals surface area contributed by atoms with Gasteiger partial charge in [-0.3, -0.25) is 4.79 Å². The van der Waals surface area contributed by atoms with Gasteiger partial charge in [0, 0.05) is 17.9 Å². The maximum absolute atomic E-state index is 11.8. The number of benzene rings is 2. The number of phenolic OH excluding ortho intramolecular Hbond substituents is 1. The number of phenols is 1. The lowest BCUT2D eigenvalue weighted by atomic mass is 9.89. The van der Waals surface area contributed by atoms with Crippen LogP contribution in [0.1, 0.15) is 40.7 Å². The Morgan fingerprint density at radius 3 is 2.50 bits per heavy atom. The molecule has 0 aliphatic carbocycles. The van der Waals surface area contributed by atoms with Gasteiger partial charge in [-0.05, 0) is 11.6 Å². The normalized spacial score (nSPS) is 11.8. The predicted octanol–water partition coefficient (Wildman–Crippen LogP) is 4.30. The van der Waals surface area contributed by atoms with Crippen LogP contribution in [0.2, 0.25) is 0 Å². The van der Waals surface area contributed by atoms with Gasteiger partial charge in [-0.25, -0.2) is 0 Å². The second-order valence-electron chi connectivity index (χ2n) is 4.64. The van der Waals surface area contributed by atoms with Crippen LogP contribution in [0.5, 0.6) is 5.75 Å². The summed E-state index contributed by atoms with van der Waals surface area (Å²) in [5.41, 5.74) is 2.14. The summed E-state index contributed by atoms with van der Waals surface area (Å²) in [5.74, 6) is -0.117. The summed E-state index contributed by atoms with van der Waals surface area (Å²) in [5, 5.41) is 10.4. The van der Waals surface area contributed by atoms with Crippen molar-refractivity contribution in [1.29, 1.82) is 0 Å². The summed E-state index contributed by atoms with van der Waals surface area (Å²) in [6, 6.07) is 15.1. The Kier molecular flexibility index (Phi) is 4.36. The molecule has 1 N–H and O–H groups in total. The fourth-order valence-electron chi connectivity index (χ4n) is 2.33. The Labute approximate surface area is 119 Å². The van der Waals surface area contributed by atoms with Gasteiger partial charge in [-0.15, -0.1) is 6.58 Å². The van der Waals surface area contributed by atoms with Crippen molar-refractivity contribution in [3.63, 3.8) is 0 Å². The van der Waals surface area contributed by atoms with Crippen molar-refractivity contribution in [2.24, 2.45) is 0 Å². The van der Waals surface area contributed by atoms with Crippen LogP contribution in [0, 0.1) is 0 Å². The predicted molar refractivity (Wildman–Crippen MR) is 81.2 cm³/mol. The molecule has 0 radical (unpaired) electrons. The summed E-state index contributed by atoms with van der Waals surface area (Å²) in [6.45, 7) is 5.64. The molecule has 0 aromatic heterocycles. The SMILES string of the molecule is C=CC(c1ccccc1)c1cccc(C(=O)CC)c1O. The van der Waals surface area contributed by atoms with Crippen LogP contribution in [-0.4, -0.2) is 10.9 Å². The number of rotatable bonds is 5. The van der Waals surface area contributed by atoms with Crippen LogP contribution in [0.3, 0.4) is 0 Å². The van der Waals surface area contributed by atoms with Gasteiger partial charge in [0.25, 0.3) is 0 Å². The molecule has 2 heteroatoms. The fraction of sp³-hybridized carbons (Fsp3) is 0.167. The molecule has 0 fully saturated rings. The third kappa shape index (κ3) is 2.64. The van der Waals surface area contributed by atoms with E-state index in [0.29, 0.717) is 17.5 Å². The summed E-state index contributed by atoms with van der Waals surface area (Å²) >= 11 is 0. The van der Waals surface area contributed by atoms with E-state index in [1.54, 1.807) is 25.1 Å². The third-order valence-corrected chi connectivity index (χ3v) is 3.42. The molecular formula is C18H18O2. The fourth-order valence-corrected chi connectivity index (χ4v) is 2.33. The minimum absolute atomic E-state index is 0.0553. The van der Waals surface area contributed by atoms with Gasteiger partial charge in [0.05, 0.1) is 5.56 Å². The van der Waals surface area contributed by atoms with Crippen LogP contribution in [0.4, 0.5) is 0 Å². The molecule has 2 nitrogen and oxygen atoms in total. The molecule has 2 aromatic rings. The summed E-state index contributed by atoms with van der Waals surface area (Å²) in [6.07, 6.45) is 2.16. The standard InChI is InChI=1S/C18H18O2/c1-3-14(13-9-6-5-7-10-13)15-11-8-12-16(18(15)20)17(19)4-2/h3,5-12,14,20H,1,4H2,2H3. The van der Waals surface area contributed by atoms with Crippen LogP contribution in [0.15, 0.2) is 61.2 Å². The van der Waals surface area contributed by atoms with Crippen molar-refractivity contribution < 1.29 is 9.90 Å². The van der Waals surface area contributed by atoms with E-state index >= 15 is 0 Å². The van der Waals surface area contributed by atoms with Crippen molar-refractivity contribution in [2.45, 2.75) is 19.3 Å². The molecule has 2 aromatic carbocycles. The highest BCUT2D eigenvalue weighted by Gasteiger charge is 2.18. The van der Waals surface area contributed by atoms with Gasteiger partial charge in [0.1, 0.15) is 5.75 Å². The third-order valence-electron chi connectivity index (χ3n) is 3.42. The first kappa shape index (κ1) is 14.1. The van der Waals surface area contributed by atoms with E-state index in [0.717, 1.165) is 5.56 Å². The molecule has 102 valence electrons. The van der Waals surface area contributed by atoms with Crippen LogP contribution >= 0.6 is 0 Å². The summed E-state index contributed by atoms with van der Waals surface area (Å²) in [4.78, 5) is 11.8. The first-order valence-corrected chi connectivity index (χ1v) is 6.71. The van der Waals surface area contributed by atoms with E-state index in [4.69, 9.17) is 0 Å². The van der Waals surface area contributed by atoms with Gasteiger partial charge >= 0.3 is 0 Å². The van der Waals surface area contributed by atoms with E-state index in [2.05, 4.69) is 6.58 Å². The number of aromatic hydroxyl groups is 1. The van der Waals surface area contributed by atoms with E-state index in [1.807, 2.05) is 36.4 Å². The smallest absolute Gasteiger partial charge is 0.166 e. The number of Topliss-reactive ketones (excluding diaryl/α,β-unsaturated/α-hetero) is 1. The van der Waals surface area contributed by atoms with E-state index in [9.17, 15) is 9.90 Å². The average Bonchev–Trinajstić information content (AvgIpc) is 2.50. The molecule has 20 heavy (non-hydrogen) atoms. The average molecular weight is 266 g/mol. The minimum atomic E-state index is -0.124. The van der Waals surface area contributed by atoms with Crippen LogP contribution in [0.25, 0.3) is 0 Å². The molecule has 0 saturated heterocycles. The number of ketones is 1. The Morgan fingerprint density at radius 1 is 1.20 bits per heavy atom. The number of para-hydroxylation sites is 1. The summed E-state index contributed by atoms with van der Waals surface area (Å²) in [7, 11) is 0. The van der Waals surface area contributed by atoms with E-state index < -0.39 is 0 Å². The largest absolute Gasteiger partial charge is 0.507 e. The molecule has 0 saturated carbocycles. The first-order chi connectivity index (χ1) is 9.69. The second-order valence-corrected chi connectivity index (χ2v) is 4.64. The number of allylic oxidation sites excluding steroid dienone is 1. The topological polar surface area (TPSA) is 37.3 Å². The molecule has 1 unspecified atom stereocenters. The Morgan fingerprint density at radius 2 is 1.90 bits per heavy atom. The number of carbonyl (C=O) groups excluding carboxylic acids is 1. The molecule has 1 atom stereocenters. The molecule has 0 bridgehead atoms. The Hall–Kier alpha value is -2.35. The number of hydrogen-bond donors (Lipinski definition) is 1. The quantitative estimate of drug-likeness (QED) is 0.647. The molecule has 0 aliphatic rings. The second kappa shape index (κ2) is 6.20. The van der Waals surface area contributed by atoms with Gasteiger partial charge < -0.3 is 5.11 Å². The zero-order valence-electron chi connectivity index (χ0n) is 11.5. The molecule has 2 rings (SSSR count). The highest BCUT2D eigenvalue weighted by Crippen LogP contribution is 2.34. The number of hydrogen-bond acceptors (Lipinski definition) is 2. The van der Waals surface area contributed by atoms with Crippen molar-refractivity contribution in [2.75, 3.05) is 0 Å². The molecular weight excluding hydrogens is 248 g/mol. The highest BCUT2D eigenvalue weighted by molar-refractivity contribution is 5.98. The Balaban J connectivity index is 2.51. The van der Waals surface area contributed by atoms with Crippen molar-refractivity contribution in [1.82, 2.24) is 0 Å². The van der Waals surface area contributed by atoms with Gasteiger partial charge in [-0.1, -0.05) is 55.5 Å². The zero-order chi connectivity index (χ0) is 14.5.